The van der Waals surface area contributed by atoms with E-state index >= 15 is 0 Å². The zero-order chi connectivity index (χ0) is 12.8. The van der Waals surface area contributed by atoms with Crippen molar-refractivity contribution in [3.8, 4) is 0 Å². The van der Waals surface area contributed by atoms with Crippen LogP contribution in [-0.4, -0.2) is 32.5 Å². The standard InChI is InChI=1S/C15H22O3/c1-3-13-10-17-11-14(15(13)16-2)18-9-12-7-5-4-6-8-12/h4-8,13-15H,3,9-11H2,1-2H3. The quantitative estimate of drug-likeness (QED) is 0.804. The first-order valence-corrected chi connectivity index (χ1v) is 6.61. The van der Waals surface area contributed by atoms with Crippen LogP contribution in [0.1, 0.15) is 18.9 Å². The summed E-state index contributed by atoms with van der Waals surface area (Å²) in [7, 11) is 1.76. The first kappa shape index (κ1) is 13.5. The van der Waals surface area contributed by atoms with E-state index in [0.29, 0.717) is 19.1 Å². The number of methoxy groups -OCH3 is 1. The molecule has 3 atom stereocenters. The second-order valence-electron chi connectivity index (χ2n) is 4.74. The number of ether oxygens (including phenoxy) is 3. The minimum Gasteiger partial charge on any atom is -0.378 e. The van der Waals surface area contributed by atoms with Gasteiger partial charge in [-0.1, -0.05) is 37.3 Å². The fourth-order valence-electron chi connectivity index (χ4n) is 2.44. The van der Waals surface area contributed by atoms with Crippen molar-refractivity contribution in [2.45, 2.75) is 32.2 Å². The van der Waals surface area contributed by atoms with E-state index in [0.717, 1.165) is 13.0 Å². The molecule has 3 heteroatoms. The molecule has 0 aliphatic carbocycles. The molecule has 1 saturated heterocycles. The summed E-state index contributed by atoms with van der Waals surface area (Å²) < 4.78 is 17.1. The lowest BCUT2D eigenvalue weighted by Crippen LogP contribution is -2.46. The highest BCUT2D eigenvalue weighted by molar-refractivity contribution is 5.13. The van der Waals surface area contributed by atoms with Gasteiger partial charge in [0, 0.05) is 13.0 Å². The molecule has 0 saturated carbocycles. The van der Waals surface area contributed by atoms with Gasteiger partial charge in [0.25, 0.3) is 0 Å². The van der Waals surface area contributed by atoms with Crippen molar-refractivity contribution in [1.82, 2.24) is 0 Å². The number of hydrogen-bond acceptors (Lipinski definition) is 3. The van der Waals surface area contributed by atoms with Crippen molar-refractivity contribution in [3.05, 3.63) is 35.9 Å². The van der Waals surface area contributed by atoms with Gasteiger partial charge in [0.15, 0.2) is 0 Å². The zero-order valence-electron chi connectivity index (χ0n) is 11.2. The molecule has 0 N–H and O–H groups in total. The topological polar surface area (TPSA) is 27.7 Å². The monoisotopic (exact) mass is 250 g/mol. The van der Waals surface area contributed by atoms with E-state index in [4.69, 9.17) is 14.2 Å². The summed E-state index contributed by atoms with van der Waals surface area (Å²) in [6.45, 7) is 4.19. The molecule has 1 aliphatic heterocycles. The molecule has 0 radical (unpaired) electrons. The van der Waals surface area contributed by atoms with Crippen molar-refractivity contribution >= 4 is 0 Å². The van der Waals surface area contributed by atoms with Crippen LogP contribution in [0.4, 0.5) is 0 Å². The Hall–Kier alpha value is -0.900. The Kier molecular flexibility index (Phi) is 5.17. The van der Waals surface area contributed by atoms with Gasteiger partial charge in [-0.25, -0.2) is 0 Å². The summed E-state index contributed by atoms with van der Waals surface area (Å²) in [5.74, 6) is 0.435. The van der Waals surface area contributed by atoms with Gasteiger partial charge in [0.1, 0.15) is 6.10 Å². The van der Waals surface area contributed by atoms with Crippen molar-refractivity contribution < 1.29 is 14.2 Å². The maximum Gasteiger partial charge on any atom is 0.108 e. The highest BCUT2D eigenvalue weighted by Gasteiger charge is 2.33. The Morgan fingerprint density at radius 3 is 2.67 bits per heavy atom. The normalized spacial score (nSPS) is 28.2. The number of hydrogen-bond donors (Lipinski definition) is 0. The Labute approximate surface area is 109 Å². The van der Waals surface area contributed by atoms with Crippen molar-refractivity contribution in [2.24, 2.45) is 5.92 Å². The van der Waals surface area contributed by atoms with Crippen LogP contribution in [0.3, 0.4) is 0 Å². The largest absolute Gasteiger partial charge is 0.378 e. The van der Waals surface area contributed by atoms with E-state index in [-0.39, 0.29) is 12.2 Å². The zero-order valence-corrected chi connectivity index (χ0v) is 11.2. The van der Waals surface area contributed by atoms with E-state index < -0.39 is 0 Å². The molecule has 0 aromatic heterocycles. The third kappa shape index (κ3) is 3.31. The summed E-state index contributed by atoms with van der Waals surface area (Å²) >= 11 is 0. The molecule has 3 unspecified atom stereocenters. The Balaban J connectivity index is 1.91. The van der Waals surface area contributed by atoms with Crippen LogP contribution in [-0.2, 0) is 20.8 Å². The molecule has 1 fully saturated rings. The predicted molar refractivity (Wildman–Crippen MR) is 70.4 cm³/mol. The third-order valence-electron chi connectivity index (χ3n) is 3.55. The number of rotatable bonds is 5. The highest BCUT2D eigenvalue weighted by atomic mass is 16.6. The van der Waals surface area contributed by atoms with Gasteiger partial charge >= 0.3 is 0 Å². The van der Waals surface area contributed by atoms with Crippen LogP contribution in [0.5, 0.6) is 0 Å². The van der Waals surface area contributed by atoms with Gasteiger partial charge in [-0.05, 0) is 12.0 Å². The summed E-state index contributed by atoms with van der Waals surface area (Å²) in [5, 5.41) is 0. The molecular formula is C15H22O3. The number of benzene rings is 1. The summed E-state index contributed by atoms with van der Waals surface area (Å²) in [6.07, 6.45) is 1.24. The fourth-order valence-corrected chi connectivity index (χ4v) is 2.44. The molecule has 1 aromatic carbocycles. The average Bonchev–Trinajstić information content (AvgIpc) is 2.45. The summed E-state index contributed by atoms with van der Waals surface area (Å²) in [4.78, 5) is 0. The van der Waals surface area contributed by atoms with Gasteiger partial charge in [-0.2, -0.15) is 0 Å². The molecule has 0 amide bonds. The van der Waals surface area contributed by atoms with Crippen molar-refractivity contribution in [2.75, 3.05) is 20.3 Å². The molecule has 0 spiro atoms. The van der Waals surface area contributed by atoms with Crippen LogP contribution in [0.2, 0.25) is 0 Å². The lowest BCUT2D eigenvalue weighted by Gasteiger charge is -2.36. The van der Waals surface area contributed by atoms with Gasteiger partial charge in [0.05, 0.1) is 25.9 Å². The molecular weight excluding hydrogens is 228 g/mol. The highest BCUT2D eigenvalue weighted by Crippen LogP contribution is 2.23. The van der Waals surface area contributed by atoms with Crippen LogP contribution in [0, 0.1) is 5.92 Å². The van der Waals surface area contributed by atoms with Crippen LogP contribution in [0.25, 0.3) is 0 Å². The second kappa shape index (κ2) is 6.88. The first-order chi connectivity index (χ1) is 8.85. The average molecular weight is 250 g/mol. The van der Waals surface area contributed by atoms with Crippen LogP contribution < -0.4 is 0 Å². The molecule has 1 aromatic rings. The summed E-state index contributed by atoms with van der Waals surface area (Å²) in [5.41, 5.74) is 1.19. The fraction of sp³-hybridized carbons (Fsp3) is 0.600. The van der Waals surface area contributed by atoms with Gasteiger partial charge in [-0.3, -0.25) is 0 Å². The molecule has 18 heavy (non-hydrogen) atoms. The van der Waals surface area contributed by atoms with Crippen molar-refractivity contribution in [1.29, 1.82) is 0 Å². The van der Waals surface area contributed by atoms with E-state index in [1.165, 1.54) is 5.56 Å². The minimum absolute atomic E-state index is 0.0360. The Morgan fingerprint density at radius 2 is 2.00 bits per heavy atom. The second-order valence-corrected chi connectivity index (χ2v) is 4.74. The van der Waals surface area contributed by atoms with E-state index in [9.17, 15) is 0 Å². The molecule has 0 bridgehead atoms. The maximum atomic E-state index is 5.95. The Bertz CT molecular complexity index is 339. The van der Waals surface area contributed by atoms with Gasteiger partial charge < -0.3 is 14.2 Å². The van der Waals surface area contributed by atoms with E-state index in [2.05, 4.69) is 19.1 Å². The SMILES string of the molecule is CCC1COCC(OCc2ccccc2)C1OC. The van der Waals surface area contributed by atoms with E-state index in [1.807, 2.05) is 18.2 Å². The maximum absolute atomic E-state index is 5.95. The lowest BCUT2D eigenvalue weighted by atomic mass is 9.94. The van der Waals surface area contributed by atoms with Crippen LogP contribution in [0.15, 0.2) is 30.3 Å². The van der Waals surface area contributed by atoms with Gasteiger partial charge in [0.2, 0.25) is 0 Å². The minimum atomic E-state index is 0.0360. The van der Waals surface area contributed by atoms with Crippen molar-refractivity contribution in [3.63, 3.8) is 0 Å². The lowest BCUT2D eigenvalue weighted by molar-refractivity contribution is -0.162. The predicted octanol–water partition coefficient (Wildman–Crippen LogP) is 2.64. The van der Waals surface area contributed by atoms with Gasteiger partial charge in [-0.15, -0.1) is 0 Å². The molecule has 3 nitrogen and oxygen atoms in total. The van der Waals surface area contributed by atoms with E-state index in [1.54, 1.807) is 7.11 Å². The molecule has 1 heterocycles. The third-order valence-corrected chi connectivity index (χ3v) is 3.55. The molecule has 1 aliphatic rings. The van der Waals surface area contributed by atoms with Crippen LogP contribution >= 0.6 is 0 Å². The Morgan fingerprint density at radius 1 is 1.22 bits per heavy atom. The first-order valence-electron chi connectivity index (χ1n) is 6.61. The smallest absolute Gasteiger partial charge is 0.108 e. The molecule has 100 valence electrons. The molecule has 2 rings (SSSR count). The summed E-state index contributed by atoms with van der Waals surface area (Å²) in [6, 6.07) is 10.2.